The number of anilines is 1. The van der Waals surface area contributed by atoms with Gasteiger partial charge in [0.25, 0.3) is 5.91 Å². The largest absolute Gasteiger partial charge is 0.478 e. The Bertz CT molecular complexity index is 1240. The molecule has 0 aromatic heterocycles. The Kier molecular flexibility index (Phi) is 5.80. The van der Waals surface area contributed by atoms with Crippen molar-refractivity contribution < 1.29 is 24.0 Å². The zero-order valence-electron chi connectivity index (χ0n) is 19.4. The monoisotopic (exact) mass is 446 g/mol. The van der Waals surface area contributed by atoms with E-state index in [2.05, 4.69) is 11.4 Å². The second-order valence-corrected chi connectivity index (χ2v) is 8.63. The summed E-state index contributed by atoms with van der Waals surface area (Å²) in [5.74, 6) is -0.374. The molecule has 4 rings (SSSR count). The van der Waals surface area contributed by atoms with Crippen LogP contribution in [0.15, 0.2) is 60.4 Å². The average Bonchev–Trinajstić information content (AvgIpc) is 2.80. The summed E-state index contributed by atoms with van der Waals surface area (Å²) >= 11 is 0. The summed E-state index contributed by atoms with van der Waals surface area (Å²) in [5.41, 5.74) is 3.97. The number of hydrogen-bond acceptors (Lipinski definition) is 4. The molecule has 1 heterocycles. The minimum Gasteiger partial charge on any atom is -0.478 e. The second kappa shape index (κ2) is 8.58. The van der Waals surface area contributed by atoms with E-state index < -0.39 is 5.97 Å². The van der Waals surface area contributed by atoms with E-state index in [4.69, 9.17) is 4.74 Å². The van der Waals surface area contributed by atoms with Crippen LogP contribution in [-0.4, -0.2) is 62.5 Å². The molecule has 2 aliphatic rings. The number of rotatable bonds is 4. The van der Waals surface area contributed by atoms with E-state index in [1.54, 1.807) is 12.1 Å². The Labute approximate surface area is 193 Å². The van der Waals surface area contributed by atoms with Crippen molar-refractivity contribution in [3.05, 3.63) is 82.6 Å². The van der Waals surface area contributed by atoms with Crippen LogP contribution in [0.3, 0.4) is 0 Å². The number of fused-ring (bicyclic) bond motifs is 2. The van der Waals surface area contributed by atoms with Gasteiger partial charge in [-0.25, -0.2) is 9.37 Å². The van der Waals surface area contributed by atoms with E-state index in [-0.39, 0.29) is 23.3 Å². The first kappa shape index (κ1) is 22.3. The number of benzene rings is 2. The fourth-order valence-corrected chi connectivity index (χ4v) is 4.36. The maximum Gasteiger partial charge on any atom is 0.336 e. The molecule has 33 heavy (non-hydrogen) atoms. The first-order chi connectivity index (χ1) is 15.7. The maximum atomic E-state index is 12.3. The highest BCUT2D eigenvalue weighted by molar-refractivity contribution is 6.02. The van der Waals surface area contributed by atoms with Crippen LogP contribution >= 0.6 is 0 Å². The topological polar surface area (TPSA) is 81.9 Å². The Balaban J connectivity index is 1.94. The predicted octanol–water partition coefficient (Wildman–Crippen LogP) is 3.12. The van der Waals surface area contributed by atoms with Gasteiger partial charge in [-0.3, -0.25) is 4.79 Å². The molecule has 2 aromatic rings. The second-order valence-electron chi connectivity index (χ2n) is 8.63. The molecule has 0 saturated heterocycles. The fraction of sp³-hybridized carbons (Fsp3) is 0.269. The van der Waals surface area contributed by atoms with Gasteiger partial charge in [-0.05, 0) is 23.8 Å². The quantitative estimate of drug-likeness (QED) is 0.706. The van der Waals surface area contributed by atoms with Crippen molar-refractivity contribution >= 4 is 23.3 Å². The Morgan fingerprint density at radius 2 is 1.82 bits per heavy atom. The summed E-state index contributed by atoms with van der Waals surface area (Å²) < 4.78 is 8.37. The molecule has 2 aromatic carbocycles. The molecule has 0 fully saturated rings. The van der Waals surface area contributed by atoms with Gasteiger partial charge in [0.15, 0.2) is 0 Å². The molecule has 1 amide bonds. The number of ether oxygens (including phenoxy) is 1. The van der Waals surface area contributed by atoms with Crippen LogP contribution in [-0.2, 0) is 0 Å². The number of allylic oxidation sites excluding steroid dienone is 3. The van der Waals surface area contributed by atoms with E-state index in [1.165, 1.54) is 13.1 Å². The summed E-state index contributed by atoms with van der Waals surface area (Å²) in [5, 5.41) is 12.6. The number of aromatic carboxylic acids is 1. The lowest BCUT2D eigenvalue weighted by atomic mass is 9.74. The van der Waals surface area contributed by atoms with Crippen molar-refractivity contribution in [2.24, 2.45) is 5.92 Å². The molecule has 0 saturated carbocycles. The first-order valence-corrected chi connectivity index (χ1v) is 10.7. The van der Waals surface area contributed by atoms with Crippen molar-refractivity contribution in [2.75, 3.05) is 40.1 Å². The van der Waals surface area contributed by atoms with Gasteiger partial charge in [-0.15, -0.1) is 0 Å². The third kappa shape index (κ3) is 4.02. The number of carbonyl (C=O) groups is 2. The molecule has 2 atom stereocenters. The number of carboxylic acid groups (broad SMARTS) is 1. The molecule has 2 N–H and O–H groups in total. The van der Waals surface area contributed by atoms with Crippen LogP contribution in [0.1, 0.15) is 37.8 Å². The van der Waals surface area contributed by atoms with Crippen molar-refractivity contribution in [1.82, 2.24) is 5.32 Å². The Hall–Kier alpha value is -3.87. The van der Waals surface area contributed by atoms with Crippen LogP contribution in [0.25, 0.3) is 0 Å². The molecule has 0 spiro atoms. The van der Waals surface area contributed by atoms with Gasteiger partial charge in [-0.1, -0.05) is 18.2 Å². The van der Waals surface area contributed by atoms with E-state index in [1.807, 2.05) is 68.0 Å². The van der Waals surface area contributed by atoms with Crippen LogP contribution in [0, 0.1) is 5.92 Å². The standard InChI is InChI=1S/C26H27N3O4/c1-27-25(30)15-6-9-18(21(12-15)26(31)32)24-19-10-7-16(28(2)3)13-22(19)33-23-14-17(29(4)5)8-11-20(23)24/h6-14,19,24H,1-5H3,(H-,27,30,31,32)/p+1. The summed E-state index contributed by atoms with van der Waals surface area (Å²) in [4.78, 5) is 26.4. The number of hydrogen-bond donors (Lipinski definition) is 2. The molecule has 0 radical (unpaired) electrons. The smallest absolute Gasteiger partial charge is 0.336 e. The molecule has 2 unspecified atom stereocenters. The molecule has 1 aliphatic heterocycles. The van der Waals surface area contributed by atoms with Gasteiger partial charge in [0, 0.05) is 68.0 Å². The van der Waals surface area contributed by atoms with Crippen LogP contribution < -0.4 is 15.0 Å². The first-order valence-electron chi connectivity index (χ1n) is 10.7. The lowest BCUT2D eigenvalue weighted by molar-refractivity contribution is -0.462. The number of amides is 1. The molecule has 170 valence electrons. The number of carboxylic acids is 1. The van der Waals surface area contributed by atoms with Gasteiger partial charge in [0.05, 0.1) is 5.56 Å². The number of carbonyl (C=O) groups excluding carboxylic acids is 1. The predicted molar refractivity (Wildman–Crippen MR) is 128 cm³/mol. The Morgan fingerprint density at radius 3 is 2.45 bits per heavy atom. The van der Waals surface area contributed by atoms with Crippen molar-refractivity contribution in [1.29, 1.82) is 0 Å². The lowest BCUT2D eigenvalue weighted by Gasteiger charge is -2.36. The minimum absolute atomic E-state index is 0.112. The summed E-state index contributed by atoms with van der Waals surface area (Å²) in [7, 11) is 9.39. The highest BCUT2D eigenvalue weighted by atomic mass is 16.5. The van der Waals surface area contributed by atoms with E-state index in [0.29, 0.717) is 16.9 Å². The van der Waals surface area contributed by atoms with Gasteiger partial charge >= 0.3 is 5.97 Å². The van der Waals surface area contributed by atoms with Crippen LogP contribution in [0.2, 0.25) is 0 Å². The summed E-state index contributed by atoms with van der Waals surface area (Å²) in [6.07, 6.45) is 6.10. The summed E-state index contributed by atoms with van der Waals surface area (Å²) in [6.45, 7) is 0. The molecular weight excluding hydrogens is 418 g/mol. The highest BCUT2D eigenvalue weighted by Gasteiger charge is 2.39. The molecule has 7 nitrogen and oxygen atoms in total. The lowest BCUT2D eigenvalue weighted by Crippen LogP contribution is -2.29. The van der Waals surface area contributed by atoms with Crippen LogP contribution in [0.5, 0.6) is 5.75 Å². The van der Waals surface area contributed by atoms with Gasteiger partial charge in [0.2, 0.25) is 5.71 Å². The van der Waals surface area contributed by atoms with E-state index >= 15 is 0 Å². The number of nitrogens with zero attached hydrogens (tertiary/aromatic N) is 2. The van der Waals surface area contributed by atoms with Gasteiger partial charge < -0.3 is 20.1 Å². The highest BCUT2D eigenvalue weighted by Crippen LogP contribution is 2.49. The van der Waals surface area contributed by atoms with Crippen molar-refractivity contribution in [3.8, 4) is 5.75 Å². The van der Waals surface area contributed by atoms with Crippen molar-refractivity contribution in [2.45, 2.75) is 5.92 Å². The maximum absolute atomic E-state index is 12.3. The fourth-order valence-electron chi connectivity index (χ4n) is 4.36. The normalized spacial score (nSPS) is 18.5. The SMILES string of the molecule is CNC(=O)c1ccc(C2c3ccc(N(C)C)cc3OC3=CC(=[N+](C)C)C=CC32)c(C(=O)O)c1. The summed E-state index contributed by atoms with van der Waals surface area (Å²) in [6, 6.07) is 10.9. The average molecular weight is 447 g/mol. The molecule has 1 aliphatic carbocycles. The van der Waals surface area contributed by atoms with E-state index in [0.717, 1.165) is 22.7 Å². The minimum atomic E-state index is -1.07. The third-order valence-electron chi connectivity index (χ3n) is 6.15. The zero-order valence-corrected chi connectivity index (χ0v) is 19.4. The van der Waals surface area contributed by atoms with Gasteiger partial charge in [0.1, 0.15) is 25.6 Å². The molecular formula is C26H28N3O4+. The Morgan fingerprint density at radius 1 is 1.09 bits per heavy atom. The molecule has 7 heteroatoms. The zero-order chi connectivity index (χ0) is 23.9. The van der Waals surface area contributed by atoms with Crippen molar-refractivity contribution in [3.63, 3.8) is 0 Å². The van der Waals surface area contributed by atoms with Crippen LogP contribution in [0.4, 0.5) is 5.69 Å². The number of nitrogens with one attached hydrogen (secondary N) is 1. The third-order valence-corrected chi connectivity index (χ3v) is 6.15. The van der Waals surface area contributed by atoms with E-state index in [9.17, 15) is 14.7 Å². The van der Waals surface area contributed by atoms with Gasteiger partial charge in [-0.2, -0.15) is 0 Å². The molecule has 0 bridgehead atoms.